The van der Waals surface area contributed by atoms with Crippen LogP contribution >= 0.6 is 35.3 Å². The highest BCUT2D eigenvalue weighted by Gasteiger charge is 2.36. The lowest BCUT2D eigenvalue weighted by Gasteiger charge is -2.47. The van der Waals surface area contributed by atoms with Crippen LogP contribution in [0.25, 0.3) is 0 Å². The number of thiophene rings is 1. The highest BCUT2D eigenvalue weighted by atomic mass is 127. The fraction of sp³-hybridized carbons (Fsp3) is 0.773. The quantitative estimate of drug-likeness (QED) is 0.351. The van der Waals surface area contributed by atoms with E-state index >= 15 is 0 Å². The van der Waals surface area contributed by atoms with E-state index in [0.717, 1.165) is 24.6 Å². The molecule has 0 aromatic carbocycles. The van der Waals surface area contributed by atoms with Gasteiger partial charge in [0.1, 0.15) is 0 Å². The maximum Gasteiger partial charge on any atom is 0.191 e. The van der Waals surface area contributed by atoms with Gasteiger partial charge in [-0.2, -0.15) is 0 Å². The van der Waals surface area contributed by atoms with Gasteiger partial charge in [-0.3, -0.25) is 9.89 Å². The number of guanidine groups is 1. The van der Waals surface area contributed by atoms with Crippen LogP contribution in [0.2, 0.25) is 0 Å². The summed E-state index contributed by atoms with van der Waals surface area (Å²) < 4.78 is 0. The minimum absolute atomic E-state index is 0. The molecule has 3 aliphatic heterocycles. The standard InChI is InChI=1S/C22H37N5S.HI/c1-23-22(25-17-13-18-8-4-9-19(14-17)27(18)3)24-15-16-7-5-11-26(2)21(16)20-10-6-12-28-20;/h6,10,12,16-19,21H,4-5,7-9,11,13-15H2,1-3H3,(H2,23,24,25);1H. The van der Waals surface area contributed by atoms with E-state index in [1.165, 1.54) is 56.4 Å². The highest BCUT2D eigenvalue weighted by molar-refractivity contribution is 14.0. The smallest absolute Gasteiger partial charge is 0.191 e. The second-order valence-electron chi connectivity index (χ2n) is 9.01. The van der Waals surface area contributed by atoms with Gasteiger partial charge in [-0.25, -0.2) is 0 Å². The maximum atomic E-state index is 4.56. The van der Waals surface area contributed by atoms with Gasteiger partial charge in [0.05, 0.1) is 0 Å². The summed E-state index contributed by atoms with van der Waals surface area (Å²) in [5.74, 6) is 1.62. The molecule has 4 heterocycles. The van der Waals surface area contributed by atoms with Crippen molar-refractivity contribution in [2.45, 2.75) is 69.1 Å². The second kappa shape index (κ2) is 10.8. The molecule has 29 heavy (non-hydrogen) atoms. The lowest BCUT2D eigenvalue weighted by atomic mass is 9.82. The van der Waals surface area contributed by atoms with Crippen LogP contribution in [0, 0.1) is 5.92 Å². The summed E-state index contributed by atoms with van der Waals surface area (Å²) in [7, 11) is 6.51. The first-order valence-corrected chi connectivity index (χ1v) is 12.0. The zero-order valence-electron chi connectivity index (χ0n) is 18.1. The molecular formula is C22H38IN5S. The van der Waals surface area contributed by atoms with Gasteiger partial charge in [0, 0.05) is 42.6 Å². The van der Waals surface area contributed by atoms with Crippen LogP contribution in [0.5, 0.6) is 0 Å². The monoisotopic (exact) mass is 531 g/mol. The van der Waals surface area contributed by atoms with Gasteiger partial charge in [0.25, 0.3) is 0 Å². The molecule has 4 unspecified atom stereocenters. The Bertz CT molecular complexity index is 638. The zero-order valence-corrected chi connectivity index (χ0v) is 21.3. The molecule has 164 valence electrons. The molecule has 2 bridgehead atoms. The summed E-state index contributed by atoms with van der Waals surface area (Å²) in [6.07, 6.45) is 9.18. The normalized spacial score (nSPS) is 33.8. The average molecular weight is 532 g/mol. The molecule has 0 amide bonds. The number of piperidine rings is 3. The number of aliphatic imine (C=N–C) groups is 1. The predicted octanol–water partition coefficient (Wildman–Crippen LogP) is 3.93. The molecule has 0 spiro atoms. The summed E-state index contributed by atoms with van der Waals surface area (Å²) >= 11 is 1.90. The van der Waals surface area contributed by atoms with Crippen molar-refractivity contribution >= 4 is 41.3 Å². The minimum Gasteiger partial charge on any atom is -0.356 e. The molecule has 0 aliphatic carbocycles. The minimum atomic E-state index is 0. The van der Waals surface area contributed by atoms with Crippen molar-refractivity contribution in [3.8, 4) is 0 Å². The maximum absolute atomic E-state index is 4.56. The first-order valence-electron chi connectivity index (χ1n) is 11.1. The third kappa shape index (κ3) is 5.46. The molecule has 0 saturated carbocycles. The molecule has 1 aromatic heterocycles. The van der Waals surface area contributed by atoms with Gasteiger partial charge in [-0.15, -0.1) is 35.3 Å². The number of hydrogen-bond donors (Lipinski definition) is 2. The summed E-state index contributed by atoms with van der Waals surface area (Å²) in [5.41, 5.74) is 0. The Hall–Kier alpha value is -0.380. The van der Waals surface area contributed by atoms with Crippen molar-refractivity contribution in [3.63, 3.8) is 0 Å². The third-order valence-corrected chi connectivity index (χ3v) is 8.22. The number of halogens is 1. The summed E-state index contributed by atoms with van der Waals surface area (Å²) in [4.78, 5) is 11.2. The lowest BCUT2D eigenvalue weighted by molar-refractivity contribution is 0.0526. The second-order valence-corrected chi connectivity index (χ2v) is 9.99. The topological polar surface area (TPSA) is 42.9 Å². The SMILES string of the molecule is CN=C(NCC1CCCN(C)C1c1cccs1)NC1CC2CCCC(C1)N2C.I. The molecule has 3 aliphatic rings. The van der Waals surface area contributed by atoms with E-state index in [1.54, 1.807) is 0 Å². The molecule has 3 saturated heterocycles. The van der Waals surface area contributed by atoms with Crippen molar-refractivity contribution in [2.75, 3.05) is 34.2 Å². The van der Waals surface area contributed by atoms with Crippen molar-refractivity contribution in [1.29, 1.82) is 0 Å². The number of likely N-dealkylation sites (tertiary alicyclic amines) is 1. The first-order chi connectivity index (χ1) is 13.7. The zero-order chi connectivity index (χ0) is 19.5. The Balaban J connectivity index is 0.00000240. The number of nitrogens with one attached hydrogen (secondary N) is 2. The van der Waals surface area contributed by atoms with Crippen LogP contribution in [-0.2, 0) is 0 Å². The number of rotatable bonds is 4. The van der Waals surface area contributed by atoms with Gasteiger partial charge >= 0.3 is 0 Å². The van der Waals surface area contributed by atoms with Crippen molar-refractivity contribution in [2.24, 2.45) is 10.9 Å². The molecular weight excluding hydrogens is 493 g/mol. The van der Waals surface area contributed by atoms with Gasteiger partial charge in [-0.05, 0) is 76.5 Å². The van der Waals surface area contributed by atoms with Crippen LogP contribution in [0.3, 0.4) is 0 Å². The van der Waals surface area contributed by atoms with Gasteiger partial charge in [-0.1, -0.05) is 12.5 Å². The number of hydrogen-bond acceptors (Lipinski definition) is 4. The van der Waals surface area contributed by atoms with E-state index < -0.39 is 0 Å². The third-order valence-electron chi connectivity index (χ3n) is 7.28. The van der Waals surface area contributed by atoms with E-state index in [9.17, 15) is 0 Å². The van der Waals surface area contributed by atoms with Crippen molar-refractivity contribution in [3.05, 3.63) is 22.4 Å². The van der Waals surface area contributed by atoms with E-state index in [4.69, 9.17) is 0 Å². The summed E-state index contributed by atoms with van der Waals surface area (Å²) in [6, 6.07) is 7.07. The Morgan fingerprint density at radius 2 is 1.93 bits per heavy atom. The molecule has 7 heteroatoms. The summed E-state index contributed by atoms with van der Waals surface area (Å²) in [6.45, 7) is 2.19. The number of fused-ring (bicyclic) bond motifs is 2. The molecule has 2 N–H and O–H groups in total. The molecule has 4 rings (SSSR count). The number of nitrogens with zero attached hydrogens (tertiary/aromatic N) is 3. The Morgan fingerprint density at radius 3 is 2.59 bits per heavy atom. The van der Waals surface area contributed by atoms with Crippen LogP contribution in [0.15, 0.2) is 22.5 Å². The van der Waals surface area contributed by atoms with E-state index in [2.05, 4.69) is 57.0 Å². The highest BCUT2D eigenvalue weighted by Crippen LogP contribution is 2.37. The van der Waals surface area contributed by atoms with Crippen LogP contribution in [0.1, 0.15) is 55.9 Å². The van der Waals surface area contributed by atoms with Crippen LogP contribution in [0.4, 0.5) is 0 Å². The molecule has 0 radical (unpaired) electrons. The first kappa shape index (κ1) is 23.3. The van der Waals surface area contributed by atoms with E-state index in [1.807, 2.05) is 18.4 Å². The van der Waals surface area contributed by atoms with Crippen molar-refractivity contribution < 1.29 is 0 Å². The largest absolute Gasteiger partial charge is 0.356 e. The van der Waals surface area contributed by atoms with Gasteiger partial charge in [0.15, 0.2) is 5.96 Å². The molecule has 5 nitrogen and oxygen atoms in total. The molecule has 3 fully saturated rings. The fourth-order valence-electron chi connectivity index (χ4n) is 5.73. The summed E-state index contributed by atoms with van der Waals surface area (Å²) in [5, 5.41) is 9.64. The van der Waals surface area contributed by atoms with Crippen LogP contribution < -0.4 is 10.6 Å². The fourth-order valence-corrected chi connectivity index (χ4v) is 6.72. The van der Waals surface area contributed by atoms with Crippen molar-refractivity contribution in [1.82, 2.24) is 20.4 Å². The van der Waals surface area contributed by atoms with Gasteiger partial charge in [0.2, 0.25) is 0 Å². The Morgan fingerprint density at radius 1 is 1.17 bits per heavy atom. The van der Waals surface area contributed by atoms with E-state index in [-0.39, 0.29) is 24.0 Å². The molecule has 1 aromatic rings. The van der Waals surface area contributed by atoms with Crippen LogP contribution in [-0.4, -0.2) is 68.1 Å². The predicted molar refractivity (Wildman–Crippen MR) is 135 cm³/mol. The Kier molecular flexibility index (Phi) is 8.65. The van der Waals surface area contributed by atoms with E-state index in [0.29, 0.717) is 18.0 Å². The van der Waals surface area contributed by atoms with Gasteiger partial charge < -0.3 is 15.5 Å². The average Bonchev–Trinajstić information content (AvgIpc) is 3.20. The lowest BCUT2D eigenvalue weighted by Crippen LogP contribution is -2.57. The Labute approximate surface area is 197 Å². The molecule has 4 atom stereocenters.